The number of carbonyl (C=O) groups excluding carboxylic acids is 1. The van der Waals surface area contributed by atoms with Crippen LogP contribution in [0.15, 0.2) is 30.6 Å². The molecule has 0 spiro atoms. The van der Waals surface area contributed by atoms with Crippen LogP contribution in [0.5, 0.6) is 11.5 Å². The Hall–Kier alpha value is -2.50. The molecule has 0 radical (unpaired) electrons. The van der Waals surface area contributed by atoms with Crippen LogP contribution in [0.1, 0.15) is 36.1 Å². The smallest absolute Gasteiger partial charge is 0.251 e. The summed E-state index contributed by atoms with van der Waals surface area (Å²) in [4.78, 5) is 16.5. The number of rotatable bonds is 4. The summed E-state index contributed by atoms with van der Waals surface area (Å²) in [7, 11) is 0. The lowest BCUT2D eigenvalue weighted by Gasteiger charge is -2.18. The van der Waals surface area contributed by atoms with Gasteiger partial charge >= 0.3 is 0 Å². The van der Waals surface area contributed by atoms with Crippen LogP contribution in [0.2, 0.25) is 0 Å². The SMILES string of the molecule is CC(C)n1ccnc1CNC(=O)c1ccc2c(c1)OCCO2. The number of hydrogen-bond donors (Lipinski definition) is 1. The highest BCUT2D eigenvalue weighted by molar-refractivity contribution is 5.94. The van der Waals surface area contributed by atoms with E-state index in [4.69, 9.17) is 9.47 Å². The lowest BCUT2D eigenvalue weighted by Crippen LogP contribution is -2.25. The summed E-state index contributed by atoms with van der Waals surface area (Å²) < 4.78 is 13.0. The van der Waals surface area contributed by atoms with Gasteiger partial charge in [0, 0.05) is 24.0 Å². The van der Waals surface area contributed by atoms with Gasteiger partial charge in [0.25, 0.3) is 5.91 Å². The summed E-state index contributed by atoms with van der Waals surface area (Å²) in [5.74, 6) is 1.97. The monoisotopic (exact) mass is 301 g/mol. The van der Waals surface area contributed by atoms with Gasteiger partial charge in [0.1, 0.15) is 19.0 Å². The first-order valence-electron chi connectivity index (χ1n) is 7.34. The highest BCUT2D eigenvalue weighted by Crippen LogP contribution is 2.30. The van der Waals surface area contributed by atoms with E-state index in [2.05, 4.69) is 24.1 Å². The van der Waals surface area contributed by atoms with E-state index < -0.39 is 0 Å². The third-order valence-electron chi connectivity index (χ3n) is 3.52. The summed E-state index contributed by atoms with van der Waals surface area (Å²) in [5, 5.41) is 2.88. The van der Waals surface area contributed by atoms with E-state index in [0.29, 0.717) is 42.9 Å². The molecule has 3 rings (SSSR count). The normalized spacial score (nSPS) is 13.2. The first-order chi connectivity index (χ1) is 10.6. The first kappa shape index (κ1) is 14.4. The zero-order chi connectivity index (χ0) is 15.5. The van der Waals surface area contributed by atoms with Crippen LogP contribution < -0.4 is 14.8 Å². The minimum atomic E-state index is -0.157. The van der Waals surface area contributed by atoms with Crippen molar-refractivity contribution in [3.8, 4) is 11.5 Å². The Labute approximate surface area is 129 Å². The number of amides is 1. The molecule has 0 aliphatic carbocycles. The Bertz CT molecular complexity index is 679. The fraction of sp³-hybridized carbons (Fsp3) is 0.375. The number of carbonyl (C=O) groups is 1. The molecule has 6 heteroatoms. The van der Waals surface area contributed by atoms with Crippen molar-refractivity contribution in [2.24, 2.45) is 0 Å². The average Bonchev–Trinajstić information content (AvgIpc) is 3.01. The number of hydrogen-bond acceptors (Lipinski definition) is 4. The van der Waals surface area contributed by atoms with E-state index in [1.165, 1.54) is 0 Å². The first-order valence-corrected chi connectivity index (χ1v) is 7.34. The lowest BCUT2D eigenvalue weighted by atomic mass is 10.2. The molecule has 2 aromatic rings. The number of nitrogens with zero attached hydrogens (tertiary/aromatic N) is 2. The van der Waals surface area contributed by atoms with Crippen molar-refractivity contribution in [2.45, 2.75) is 26.4 Å². The van der Waals surface area contributed by atoms with E-state index in [1.54, 1.807) is 24.4 Å². The largest absolute Gasteiger partial charge is 0.486 e. The third-order valence-corrected chi connectivity index (χ3v) is 3.52. The molecule has 0 unspecified atom stereocenters. The van der Waals surface area contributed by atoms with Gasteiger partial charge in [-0.25, -0.2) is 4.98 Å². The Kier molecular flexibility index (Phi) is 4.00. The topological polar surface area (TPSA) is 65.4 Å². The minimum absolute atomic E-state index is 0.157. The van der Waals surface area contributed by atoms with Gasteiger partial charge in [-0.2, -0.15) is 0 Å². The highest BCUT2D eigenvalue weighted by atomic mass is 16.6. The number of benzene rings is 1. The number of aromatic nitrogens is 2. The molecule has 1 aromatic carbocycles. The van der Waals surface area contributed by atoms with Crippen LogP contribution in [0.25, 0.3) is 0 Å². The molecule has 0 saturated carbocycles. The van der Waals surface area contributed by atoms with Crippen LogP contribution >= 0.6 is 0 Å². The molecule has 22 heavy (non-hydrogen) atoms. The van der Waals surface area contributed by atoms with Gasteiger partial charge in [0.15, 0.2) is 11.5 Å². The molecule has 1 aromatic heterocycles. The Morgan fingerprint density at radius 3 is 2.86 bits per heavy atom. The molecule has 1 aliphatic heterocycles. The Balaban J connectivity index is 1.68. The predicted molar refractivity (Wildman–Crippen MR) is 81.2 cm³/mol. The van der Waals surface area contributed by atoms with Crippen molar-refractivity contribution >= 4 is 5.91 Å². The zero-order valence-corrected chi connectivity index (χ0v) is 12.7. The van der Waals surface area contributed by atoms with Crippen LogP contribution in [0, 0.1) is 0 Å². The second kappa shape index (κ2) is 6.09. The molecule has 0 fully saturated rings. The highest BCUT2D eigenvalue weighted by Gasteiger charge is 2.15. The van der Waals surface area contributed by atoms with Crippen molar-refractivity contribution in [1.29, 1.82) is 0 Å². The lowest BCUT2D eigenvalue weighted by molar-refractivity contribution is 0.0948. The van der Waals surface area contributed by atoms with Crippen LogP contribution in [0.4, 0.5) is 0 Å². The summed E-state index contributed by atoms with van der Waals surface area (Å²) in [6, 6.07) is 5.51. The van der Waals surface area contributed by atoms with Gasteiger partial charge in [-0.15, -0.1) is 0 Å². The van der Waals surface area contributed by atoms with Gasteiger partial charge in [-0.3, -0.25) is 4.79 Å². The van der Waals surface area contributed by atoms with Crippen molar-refractivity contribution in [3.05, 3.63) is 42.0 Å². The molecule has 0 bridgehead atoms. The quantitative estimate of drug-likeness (QED) is 0.940. The van der Waals surface area contributed by atoms with Crippen molar-refractivity contribution < 1.29 is 14.3 Å². The van der Waals surface area contributed by atoms with E-state index >= 15 is 0 Å². The average molecular weight is 301 g/mol. The zero-order valence-electron chi connectivity index (χ0n) is 12.7. The van der Waals surface area contributed by atoms with Gasteiger partial charge in [0.05, 0.1) is 6.54 Å². The van der Waals surface area contributed by atoms with Crippen LogP contribution in [-0.2, 0) is 6.54 Å². The van der Waals surface area contributed by atoms with Crippen molar-refractivity contribution in [1.82, 2.24) is 14.9 Å². The fourth-order valence-electron chi connectivity index (χ4n) is 2.40. The van der Waals surface area contributed by atoms with E-state index in [0.717, 1.165) is 5.82 Å². The van der Waals surface area contributed by atoms with Gasteiger partial charge in [-0.05, 0) is 32.0 Å². The molecule has 0 saturated heterocycles. The summed E-state index contributed by atoms with van der Waals surface area (Å²) >= 11 is 0. The van der Waals surface area contributed by atoms with Crippen LogP contribution in [-0.4, -0.2) is 28.7 Å². The standard InChI is InChI=1S/C16H19N3O3/c1-11(2)19-6-5-17-15(19)10-18-16(20)12-3-4-13-14(9-12)22-8-7-21-13/h3-6,9,11H,7-8,10H2,1-2H3,(H,18,20). The molecule has 1 aliphatic rings. The Morgan fingerprint density at radius 2 is 2.09 bits per heavy atom. The van der Waals surface area contributed by atoms with E-state index in [1.807, 2.05) is 10.8 Å². The maximum Gasteiger partial charge on any atom is 0.251 e. The summed E-state index contributed by atoms with van der Waals surface area (Å²) in [6.45, 7) is 5.58. The maximum absolute atomic E-state index is 12.3. The fourth-order valence-corrected chi connectivity index (χ4v) is 2.40. The number of imidazole rings is 1. The summed E-state index contributed by atoms with van der Waals surface area (Å²) in [6.07, 6.45) is 3.65. The second-order valence-corrected chi connectivity index (χ2v) is 5.39. The summed E-state index contributed by atoms with van der Waals surface area (Å²) in [5.41, 5.74) is 0.548. The van der Waals surface area contributed by atoms with Crippen molar-refractivity contribution in [2.75, 3.05) is 13.2 Å². The molecule has 2 heterocycles. The molecule has 1 N–H and O–H groups in total. The minimum Gasteiger partial charge on any atom is -0.486 e. The molecule has 116 valence electrons. The maximum atomic E-state index is 12.3. The number of ether oxygens (including phenoxy) is 2. The number of fused-ring (bicyclic) bond motifs is 1. The van der Waals surface area contributed by atoms with Crippen molar-refractivity contribution in [3.63, 3.8) is 0 Å². The third kappa shape index (κ3) is 2.90. The van der Waals surface area contributed by atoms with E-state index in [9.17, 15) is 4.79 Å². The van der Waals surface area contributed by atoms with Gasteiger partial charge in [0.2, 0.25) is 0 Å². The van der Waals surface area contributed by atoms with Gasteiger partial charge in [-0.1, -0.05) is 0 Å². The molecule has 6 nitrogen and oxygen atoms in total. The molecule has 0 atom stereocenters. The molecule has 1 amide bonds. The second-order valence-electron chi connectivity index (χ2n) is 5.39. The predicted octanol–water partition coefficient (Wildman–Crippen LogP) is 2.17. The number of nitrogens with one attached hydrogen (secondary N) is 1. The molecular formula is C16H19N3O3. The Morgan fingerprint density at radius 1 is 1.32 bits per heavy atom. The van der Waals surface area contributed by atoms with E-state index in [-0.39, 0.29) is 5.91 Å². The van der Waals surface area contributed by atoms with Gasteiger partial charge < -0.3 is 19.4 Å². The van der Waals surface area contributed by atoms with Crippen LogP contribution in [0.3, 0.4) is 0 Å². The molecular weight excluding hydrogens is 282 g/mol.